The van der Waals surface area contributed by atoms with Crippen LogP contribution in [-0.2, 0) is 4.79 Å². The van der Waals surface area contributed by atoms with Crippen LogP contribution in [0.2, 0.25) is 0 Å². The maximum Gasteiger partial charge on any atom is 0.269 e. The van der Waals surface area contributed by atoms with Gasteiger partial charge in [-0.25, -0.2) is 0 Å². The number of amides is 1. The number of rotatable bonds is 6. The fourth-order valence-corrected chi connectivity index (χ4v) is 2.20. The van der Waals surface area contributed by atoms with Crippen LogP contribution in [0.5, 0.6) is 11.5 Å². The Morgan fingerprint density at radius 1 is 1.08 bits per heavy atom. The van der Waals surface area contributed by atoms with Gasteiger partial charge in [0.1, 0.15) is 0 Å². The number of nitrogens with one attached hydrogen (secondary N) is 1. The van der Waals surface area contributed by atoms with Gasteiger partial charge in [-0.2, -0.15) is 0 Å². The molecule has 0 fully saturated rings. The van der Waals surface area contributed by atoms with E-state index in [0.717, 1.165) is 0 Å². The molecule has 2 rings (SSSR count). The van der Waals surface area contributed by atoms with E-state index in [-0.39, 0.29) is 11.6 Å². The molecular formula is C17H18N2O5. The molecule has 0 aliphatic heterocycles. The first-order chi connectivity index (χ1) is 11.5. The normalized spacial score (nSPS) is 11.5. The van der Waals surface area contributed by atoms with Gasteiger partial charge < -0.3 is 14.8 Å². The first kappa shape index (κ1) is 17.3. The molecule has 0 unspecified atom stereocenters. The molecule has 2 aromatic rings. The summed E-state index contributed by atoms with van der Waals surface area (Å²) in [5.74, 6) is 0.396. The number of nitro groups is 1. The second kappa shape index (κ2) is 7.45. The largest absolute Gasteiger partial charge is 0.493 e. The van der Waals surface area contributed by atoms with E-state index in [2.05, 4.69) is 5.32 Å². The minimum Gasteiger partial charge on any atom is -0.493 e. The van der Waals surface area contributed by atoms with Crippen molar-refractivity contribution in [2.24, 2.45) is 0 Å². The molecule has 1 atom stereocenters. The standard InChI is InChI=1S/C17H18N2O5/c1-11(12-4-7-14(8-5-12)19(21)22)17(20)18-13-6-9-15(23-2)16(10-13)24-3/h4-11H,1-3H3,(H,18,20)/t11-/m1/s1. The Morgan fingerprint density at radius 3 is 2.25 bits per heavy atom. The highest BCUT2D eigenvalue weighted by molar-refractivity contribution is 5.95. The smallest absolute Gasteiger partial charge is 0.269 e. The third-order valence-electron chi connectivity index (χ3n) is 3.65. The lowest BCUT2D eigenvalue weighted by molar-refractivity contribution is -0.384. The average molecular weight is 330 g/mol. The van der Waals surface area contributed by atoms with E-state index in [1.165, 1.54) is 26.4 Å². The second-order valence-corrected chi connectivity index (χ2v) is 5.13. The van der Waals surface area contributed by atoms with Gasteiger partial charge >= 0.3 is 0 Å². The number of non-ortho nitro benzene ring substituents is 1. The summed E-state index contributed by atoms with van der Waals surface area (Å²) in [5.41, 5.74) is 1.26. The van der Waals surface area contributed by atoms with Gasteiger partial charge in [0.25, 0.3) is 5.69 Å². The van der Waals surface area contributed by atoms with E-state index >= 15 is 0 Å². The van der Waals surface area contributed by atoms with Crippen LogP contribution in [0, 0.1) is 10.1 Å². The lowest BCUT2D eigenvalue weighted by Gasteiger charge is -2.14. The highest BCUT2D eigenvalue weighted by Crippen LogP contribution is 2.30. The van der Waals surface area contributed by atoms with Gasteiger partial charge in [0.2, 0.25) is 5.91 Å². The topological polar surface area (TPSA) is 90.7 Å². The summed E-state index contributed by atoms with van der Waals surface area (Å²) >= 11 is 0. The lowest BCUT2D eigenvalue weighted by Crippen LogP contribution is -2.18. The molecule has 0 bridgehead atoms. The number of carbonyl (C=O) groups is 1. The lowest BCUT2D eigenvalue weighted by atomic mass is 10.00. The van der Waals surface area contributed by atoms with Crippen molar-refractivity contribution < 1.29 is 19.2 Å². The molecule has 7 heteroatoms. The quantitative estimate of drug-likeness (QED) is 0.648. The first-order valence-corrected chi connectivity index (χ1v) is 7.23. The van der Waals surface area contributed by atoms with Crippen molar-refractivity contribution in [2.45, 2.75) is 12.8 Å². The molecular weight excluding hydrogens is 312 g/mol. The van der Waals surface area contributed by atoms with Crippen LogP contribution in [0.4, 0.5) is 11.4 Å². The summed E-state index contributed by atoms with van der Waals surface area (Å²) in [6.45, 7) is 1.73. The molecule has 0 saturated carbocycles. The molecule has 0 aliphatic rings. The summed E-state index contributed by atoms with van der Waals surface area (Å²) in [6.07, 6.45) is 0. The van der Waals surface area contributed by atoms with Crippen molar-refractivity contribution in [3.05, 3.63) is 58.1 Å². The van der Waals surface area contributed by atoms with Gasteiger partial charge in [-0.15, -0.1) is 0 Å². The average Bonchev–Trinajstić information content (AvgIpc) is 2.60. The molecule has 7 nitrogen and oxygen atoms in total. The molecule has 0 aliphatic carbocycles. The monoisotopic (exact) mass is 330 g/mol. The molecule has 2 aromatic carbocycles. The Kier molecular flexibility index (Phi) is 5.36. The van der Waals surface area contributed by atoms with Crippen molar-refractivity contribution in [1.82, 2.24) is 0 Å². The predicted molar refractivity (Wildman–Crippen MR) is 89.7 cm³/mol. The Labute approximate surface area is 139 Å². The van der Waals surface area contributed by atoms with Gasteiger partial charge in [0.05, 0.1) is 25.1 Å². The van der Waals surface area contributed by atoms with E-state index in [1.54, 1.807) is 37.3 Å². The second-order valence-electron chi connectivity index (χ2n) is 5.13. The summed E-state index contributed by atoms with van der Waals surface area (Å²) in [5, 5.41) is 13.5. The van der Waals surface area contributed by atoms with Gasteiger partial charge in [-0.05, 0) is 24.6 Å². The molecule has 24 heavy (non-hydrogen) atoms. The fraction of sp³-hybridized carbons (Fsp3) is 0.235. The fourth-order valence-electron chi connectivity index (χ4n) is 2.20. The Morgan fingerprint density at radius 2 is 1.71 bits per heavy atom. The van der Waals surface area contributed by atoms with Crippen molar-refractivity contribution in [2.75, 3.05) is 19.5 Å². The minimum absolute atomic E-state index is 0.00810. The van der Waals surface area contributed by atoms with E-state index < -0.39 is 10.8 Å². The summed E-state index contributed by atoms with van der Waals surface area (Å²) in [4.78, 5) is 22.6. The number of methoxy groups -OCH3 is 2. The van der Waals surface area contributed by atoms with Crippen molar-refractivity contribution in [1.29, 1.82) is 0 Å². The zero-order chi connectivity index (χ0) is 17.7. The zero-order valence-electron chi connectivity index (χ0n) is 13.6. The number of anilines is 1. The maximum atomic E-state index is 12.4. The molecule has 0 heterocycles. The molecule has 0 spiro atoms. The van der Waals surface area contributed by atoms with Crippen LogP contribution in [-0.4, -0.2) is 25.1 Å². The zero-order valence-corrected chi connectivity index (χ0v) is 13.6. The third-order valence-corrected chi connectivity index (χ3v) is 3.65. The summed E-state index contributed by atoms with van der Waals surface area (Å²) in [7, 11) is 3.05. The molecule has 1 N–H and O–H groups in total. The van der Waals surface area contributed by atoms with Gasteiger partial charge in [0.15, 0.2) is 11.5 Å². The number of ether oxygens (including phenoxy) is 2. The van der Waals surface area contributed by atoms with Crippen LogP contribution in [0.1, 0.15) is 18.4 Å². The Bertz CT molecular complexity index is 743. The van der Waals surface area contributed by atoms with Crippen LogP contribution in [0.3, 0.4) is 0 Å². The predicted octanol–water partition coefficient (Wildman–Crippen LogP) is 3.35. The number of carbonyl (C=O) groups excluding carboxylic acids is 1. The van der Waals surface area contributed by atoms with Crippen LogP contribution >= 0.6 is 0 Å². The van der Waals surface area contributed by atoms with Gasteiger partial charge in [-0.3, -0.25) is 14.9 Å². The molecule has 0 aromatic heterocycles. The molecule has 126 valence electrons. The third kappa shape index (κ3) is 3.81. The molecule has 0 radical (unpaired) electrons. The minimum atomic E-state index is -0.474. The molecule has 1 amide bonds. The van der Waals surface area contributed by atoms with E-state index in [9.17, 15) is 14.9 Å². The van der Waals surface area contributed by atoms with E-state index in [4.69, 9.17) is 9.47 Å². The highest BCUT2D eigenvalue weighted by atomic mass is 16.6. The maximum absolute atomic E-state index is 12.4. The Balaban J connectivity index is 2.12. The van der Waals surface area contributed by atoms with Crippen molar-refractivity contribution >= 4 is 17.3 Å². The van der Waals surface area contributed by atoms with Gasteiger partial charge in [0, 0.05) is 23.9 Å². The number of nitro benzene ring substituents is 1. The van der Waals surface area contributed by atoms with E-state index in [1.807, 2.05) is 0 Å². The highest BCUT2D eigenvalue weighted by Gasteiger charge is 2.17. The first-order valence-electron chi connectivity index (χ1n) is 7.23. The van der Waals surface area contributed by atoms with Crippen molar-refractivity contribution in [3.63, 3.8) is 0 Å². The van der Waals surface area contributed by atoms with Crippen LogP contribution in [0.25, 0.3) is 0 Å². The Hall–Kier alpha value is -3.09. The van der Waals surface area contributed by atoms with Crippen molar-refractivity contribution in [3.8, 4) is 11.5 Å². The summed E-state index contributed by atoms with van der Waals surface area (Å²) in [6, 6.07) is 11.0. The number of nitrogens with zero attached hydrogens (tertiary/aromatic N) is 1. The SMILES string of the molecule is COc1ccc(NC(=O)[C@H](C)c2ccc([N+](=O)[O-])cc2)cc1OC. The van der Waals surface area contributed by atoms with Crippen LogP contribution in [0.15, 0.2) is 42.5 Å². The number of hydrogen-bond donors (Lipinski definition) is 1. The summed E-state index contributed by atoms with van der Waals surface area (Å²) < 4.78 is 10.3. The number of benzene rings is 2. The van der Waals surface area contributed by atoms with E-state index in [0.29, 0.717) is 22.7 Å². The number of hydrogen-bond acceptors (Lipinski definition) is 5. The van der Waals surface area contributed by atoms with Crippen LogP contribution < -0.4 is 14.8 Å². The van der Waals surface area contributed by atoms with Gasteiger partial charge in [-0.1, -0.05) is 12.1 Å². The molecule has 0 saturated heterocycles.